The first kappa shape index (κ1) is 23.0. The highest BCUT2D eigenvalue weighted by molar-refractivity contribution is 5.81. The molecule has 1 unspecified atom stereocenters. The predicted octanol–water partition coefficient (Wildman–Crippen LogP) is 5.45. The molecule has 1 atom stereocenters. The van der Waals surface area contributed by atoms with Crippen LogP contribution in [-0.2, 0) is 5.54 Å². The zero-order valence-electron chi connectivity index (χ0n) is 20.2. The van der Waals surface area contributed by atoms with Crippen LogP contribution in [-0.4, -0.2) is 55.3 Å². The number of aliphatic imine (C=N–C) groups is 1. The smallest absolute Gasteiger partial charge is 0.317 e. The maximum atomic E-state index is 13.8. The van der Waals surface area contributed by atoms with Crippen LogP contribution in [0.25, 0.3) is 0 Å². The summed E-state index contributed by atoms with van der Waals surface area (Å²) in [6.45, 7) is 1.48. The number of fused-ring (bicyclic) bond motifs is 1. The van der Waals surface area contributed by atoms with Gasteiger partial charge in [0.15, 0.2) is 0 Å². The standard InChI is InChI=1S/C28H35FN4O/c1-32(2)28(21-6-4-3-5-7-21)14-10-23(11-15-28)31-27(34)33-16-12-20(13-17-33)25-19-30-26-9-8-22(29)18-24(25)26/h3-9,18-20,23,25H,10-17H2,1-2H3,(H,31,34). The topological polar surface area (TPSA) is 47.9 Å². The van der Waals surface area contributed by atoms with Crippen LogP contribution in [0.1, 0.15) is 55.6 Å². The molecule has 5 nitrogen and oxygen atoms in total. The second-order valence-corrected chi connectivity index (χ2v) is 10.3. The molecule has 2 aromatic rings. The third-order valence-electron chi connectivity index (χ3n) is 8.37. The van der Waals surface area contributed by atoms with Gasteiger partial charge in [0.1, 0.15) is 5.82 Å². The third kappa shape index (κ3) is 4.36. The van der Waals surface area contributed by atoms with Crippen molar-refractivity contribution in [2.45, 2.75) is 56.0 Å². The van der Waals surface area contributed by atoms with Crippen LogP contribution in [0.5, 0.6) is 0 Å². The minimum atomic E-state index is -0.205. The average Bonchev–Trinajstić information content (AvgIpc) is 3.28. The van der Waals surface area contributed by atoms with E-state index in [2.05, 4.69) is 59.6 Å². The van der Waals surface area contributed by atoms with E-state index in [1.165, 1.54) is 11.6 Å². The molecule has 0 bridgehead atoms. The summed E-state index contributed by atoms with van der Waals surface area (Å²) >= 11 is 0. The Hall–Kier alpha value is -2.73. The number of benzene rings is 2. The van der Waals surface area contributed by atoms with Crippen molar-refractivity contribution in [2.24, 2.45) is 10.9 Å². The van der Waals surface area contributed by atoms with E-state index in [0.717, 1.165) is 62.9 Å². The summed E-state index contributed by atoms with van der Waals surface area (Å²) in [6.07, 6.45) is 7.84. The van der Waals surface area contributed by atoms with Crippen molar-refractivity contribution >= 4 is 17.9 Å². The quantitative estimate of drug-likeness (QED) is 0.657. The summed E-state index contributed by atoms with van der Waals surface area (Å²) < 4.78 is 13.8. The van der Waals surface area contributed by atoms with Gasteiger partial charge in [0.2, 0.25) is 0 Å². The van der Waals surface area contributed by atoms with E-state index in [1.807, 2.05) is 11.1 Å². The lowest BCUT2D eigenvalue weighted by molar-refractivity contribution is 0.0845. The Kier molecular flexibility index (Phi) is 6.43. The van der Waals surface area contributed by atoms with E-state index in [0.29, 0.717) is 5.92 Å². The lowest BCUT2D eigenvalue weighted by Crippen LogP contribution is -2.52. The van der Waals surface area contributed by atoms with Gasteiger partial charge in [-0.2, -0.15) is 0 Å². The molecule has 3 aliphatic rings. The molecule has 1 N–H and O–H groups in total. The highest BCUT2D eigenvalue weighted by atomic mass is 19.1. The van der Waals surface area contributed by atoms with Gasteiger partial charge < -0.3 is 10.2 Å². The predicted molar refractivity (Wildman–Crippen MR) is 134 cm³/mol. The molecular formula is C28H35FN4O. The molecule has 1 aliphatic carbocycles. The molecule has 0 aromatic heterocycles. The van der Waals surface area contributed by atoms with Gasteiger partial charge in [-0.15, -0.1) is 0 Å². The lowest BCUT2D eigenvalue weighted by Gasteiger charge is -2.46. The van der Waals surface area contributed by atoms with Gasteiger partial charge in [-0.25, -0.2) is 9.18 Å². The first-order chi connectivity index (χ1) is 16.5. The normalized spacial score (nSPS) is 27.1. The van der Waals surface area contributed by atoms with Crippen molar-refractivity contribution in [2.75, 3.05) is 27.2 Å². The van der Waals surface area contributed by atoms with Crippen molar-refractivity contribution in [3.05, 3.63) is 65.5 Å². The van der Waals surface area contributed by atoms with Crippen molar-refractivity contribution < 1.29 is 9.18 Å². The summed E-state index contributed by atoms with van der Waals surface area (Å²) in [4.78, 5) is 21.8. The summed E-state index contributed by atoms with van der Waals surface area (Å²) in [6, 6.07) is 15.9. The van der Waals surface area contributed by atoms with Crippen LogP contribution in [0.3, 0.4) is 0 Å². The van der Waals surface area contributed by atoms with Crippen molar-refractivity contribution in [1.82, 2.24) is 15.1 Å². The highest BCUT2D eigenvalue weighted by Gasteiger charge is 2.39. The van der Waals surface area contributed by atoms with Crippen LogP contribution in [0.2, 0.25) is 0 Å². The molecule has 0 spiro atoms. The Labute approximate surface area is 202 Å². The number of amides is 2. The molecule has 180 valence electrons. The van der Waals surface area contributed by atoms with Crippen molar-refractivity contribution in [1.29, 1.82) is 0 Å². The zero-order chi connectivity index (χ0) is 23.7. The molecule has 2 aromatic carbocycles. The second-order valence-electron chi connectivity index (χ2n) is 10.3. The lowest BCUT2D eigenvalue weighted by atomic mass is 9.74. The number of urea groups is 1. The van der Waals surface area contributed by atoms with Crippen LogP contribution < -0.4 is 5.32 Å². The highest BCUT2D eigenvalue weighted by Crippen LogP contribution is 2.42. The Balaban J connectivity index is 1.14. The maximum absolute atomic E-state index is 13.8. The summed E-state index contributed by atoms with van der Waals surface area (Å²) in [5.74, 6) is 0.354. The SMILES string of the molecule is CN(C)C1(c2ccccc2)CCC(NC(=O)N2CCC(C3C=Nc4ccc(F)cc43)CC2)CC1. The maximum Gasteiger partial charge on any atom is 0.317 e. The van der Waals surface area contributed by atoms with Gasteiger partial charge in [-0.3, -0.25) is 9.89 Å². The number of carbonyl (C=O) groups excluding carboxylic acids is 1. The van der Waals surface area contributed by atoms with E-state index >= 15 is 0 Å². The van der Waals surface area contributed by atoms with E-state index in [1.54, 1.807) is 12.1 Å². The van der Waals surface area contributed by atoms with Crippen LogP contribution >= 0.6 is 0 Å². The van der Waals surface area contributed by atoms with E-state index < -0.39 is 0 Å². The number of halogens is 1. The summed E-state index contributed by atoms with van der Waals surface area (Å²) in [5.41, 5.74) is 3.28. The fourth-order valence-electron chi connectivity index (χ4n) is 6.24. The Morgan fingerprint density at radius 1 is 1.06 bits per heavy atom. The number of hydrogen-bond donors (Lipinski definition) is 1. The second kappa shape index (κ2) is 9.49. The monoisotopic (exact) mass is 462 g/mol. The number of rotatable bonds is 4. The first-order valence-electron chi connectivity index (χ1n) is 12.6. The number of likely N-dealkylation sites (tertiary alicyclic amines) is 1. The molecular weight excluding hydrogens is 427 g/mol. The third-order valence-corrected chi connectivity index (χ3v) is 8.37. The van der Waals surface area contributed by atoms with Gasteiger partial charge >= 0.3 is 6.03 Å². The molecule has 2 aliphatic heterocycles. The number of hydrogen-bond acceptors (Lipinski definition) is 3. The minimum absolute atomic E-state index is 0.0411. The van der Waals surface area contributed by atoms with E-state index in [9.17, 15) is 9.18 Å². The van der Waals surface area contributed by atoms with Gasteiger partial charge in [-0.05, 0) is 87.9 Å². The fourth-order valence-corrected chi connectivity index (χ4v) is 6.24. The van der Waals surface area contributed by atoms with Crippen molar-refractivity contribution in [3.63, 3.8) is 0 Å². The largest absolute Gasteiger partial charge is 0.335 e. The average molecular weight is 463 g/mol. The summed E-state index contributed by atoms with van der Waals surface area (Å²) in [7, 11) is 4.33. The molecule has 0 radical (unpaired) electrons. The first-order valence-corrected chi connectivity index (χ1v) is 12.6. The fraction of sp³-hybridized carbons (Fsp3) is 0.500. The zero-order valence-corrected chi connectivity index (χ0v) is 20.2. The van der Waals surface area contributed by atoms with Crippen molar-refractivity contribution in [3.8, 4) is 0 Å². The van der Waals surface area contributed by atoms with Gasteiger partial charge in [0.25, 0.3) is 0 Å². The molecule has 1 saturated carbocycles. The van der Waals surface area contributed by atoms with Gasteiger partial charge in [0, 0.05) is 36.8 Å². The minimum Gasteiger partial charge on any atom is -0.335 e. The molecule has 2 amide bonds. The molecule has 1 saturated heterocycles. The molecule has 6 heteroatoms. The van der Waals surface area contributed by atoms with Gasteiger partial charge in [0.05, 0.1) is 5.69 Å². The Bertz CT molecular complexity index is 1040. The van der Waals surface area contributed by atoms with Gasteiger partial charge in [-0.1, -0.05) is 30.3 Å². The number of piperidine rings is 1. The molecule has 2 fully saturated rings. The molecule has 2 heterocycles. The number of nitrogens with zero attached hydrogens (tertiary/aromatic N) is 3. The van der Waals surface area contributed by atoms with Crippen LogP contribution in [0, 0.1) is 11.7 Å². The van der Waals surface area contributed by atoms with E-state index in [-0.39, 0.29) is 29.3 Å². The molecule has 34 heavy (non-hydrogen) atoms. The van der Waals surface area contributed by atoms with Crippen LogP contribution in [0.15, 0.2) is 53.5 Å². The molecule has 5 rings (SSSR count). The van der Waals surface area contributed by atoms with E-state index in [4.69, 9.17) is 0 Å². The number of carbonyl (C=O) groups is 1. The Morgan fingerprint density at radius 2 is 1.76 bits per heavy atom. The summed E-state index contributed by atoms with van der Waals surface area (Å²) in [5, 5.41) is 3.32. The van der Waals surface area contributed by atoms with Crippen LogP contribution in [0.4, 0.5) is 14.9 Å². The number of nitrogens with one attached hydrogen (secondary N) is 1. The Morgan fingerprint density at radius 3 is 2.44 bits per heavy atom.